The number of nitrogens with zero attached hydrogens (tertiary/aromatic N) is 8. The molecular formula is C24H22N8O12S2. The first kappa shape index (κ1) is 33.9. The van der Waals surface area contributed by atoms with Crippen molar-refractivity contribution in [1.29, 1.82) is 0 Å². The summed E-state index contributed by atoms with van der Waals surface area (Å²) in [5, 5.41) is 27.4. The van der Waals surface area contributed by atoms with Crippen LogP contribution in [0.2, 0.25) is 0 Å². The van der Waals surface area contributed by atoms with Crippen molar-refractivity contribution in [3.63, 3.8) is 0 Å². The summed E-state index contributed by atoms with van der Waals surface area (Å²) in [4.78, 5) is 75.6. The molecule has 4 rings (SSSR count). The third kappa shape index (κ3) is 6.51. The summed E-state index contributed by atoms with van der Waals surface area (Å²) >= 11 is 0.374. The van der Waals surface area contributed by atoms with E-state index in [2.05, 4.69) is 29.8 Å². The monoisotopic (exact) mass is 678 g/mol. The van der Waals surface area contributed by atoms with Crippen LogP contribution in [0.3, 0.4) is 0 Å². The molecule has 0 spiro atoms. The van der Waals surface area contributed by atoms with Gasteiger partial charge in [0.15, 0.2) is 0 Å². The van der Waals surface area contributed by atoms with Gasteiger partial charge in [0, 0.05) is 38.6 Å². The molecule has 0 unspecified atom stereocenters. The van der Waals surface area contributed by atoms with Gasteiger partial charge >= 0.3 is 12.1 Å². The van der Waals surface area contributed by atoms with Crippen LogP contribution in [-0.4, -0.2) is 114 Å². The Hall–Kier alpha value is -5.00. The van der Waals surface area contributed by atoms with Crippen LogP contribution in [-0.2, 0) is 38.7 Å². The van der Waals surface area contributed by atoms with Gasteiger partial charge in [-0.25, -0.2) is 14.8 Å². The Labute approximate surface area is 263 Å². The van der Waals surface area contributed by atoms with Crippen LogP contribution in [0.1, 0.15) is 0 Å². The van der Waals surface area contributed by atoms with Gasteiger partial charge < -0.3 is 0 Å². The highest BCUT2D eigenvalue weighted by Gasteiger charge is 2.44. The topological polar surface area (TPSA) is 258 Å². The molecule has 2 aliphatic heterocycles. The summed E-state index contributed by atoms with van der Waals surface area (Å²) < 4.78 is 39.4. The summed E-state index contributed by atoms with van der Waals surface area (Å²) in [7, 11) is -0.357. The van der Waals surface area contributed by atoms with E-state index < -0.39 is 62.8 Å². The van der Waals surface area contributed by atoms with Gasteiger partial charge in [-0.15, -0.1) is 4.33 Å². The van der Waals surface area contributed by atoms with Crippen molar-refractivity contribution < 1.29 is 56.4 Å². The van der Waals surface area contributed by atoms with Crippen LogP contribution in [0.5, 0.6) is 0 Å². The first-order valence-corrected chi connectivity index (χ1v) is 14.7. The van der Waals surface area contributed by atoms with Crippen LogP contribution < -0.4 is 0 Å². The van der Waals surface area contributed by atoms with Gasteiger partial charge in [-0.05, 0) is 29.8 Å². The molecule has 2 saturated heterocycles. The predicted molar refractivity (Wildman–Crippen MR) is 151 cm³/mol. The number of imide groups is 4. The van der Waals surface area contributed by atoms with E-state index in [1.807, 2.05) is 0 Å². The van der Waals surface area contributed by atoms with Gasteiger partial charge in [0.25, 0.3) is 33.7 Å². The van der Waals surface area contributed by atoms with Gasteiger partial charge in [0.05, 0.1) is 23.4 Å². The van der Waals surface area contributed by atoms with Crippen molar-refractivity contribution >= 4 is 69.2 Å². The number of barbiturate groups is 2. The second kappa shape index (κ2) is 13.2. The van der Waals surface area contributed by atoms with Gasteiger partial charge in [-0.1, -0.05) is 17.2 Å². The summed E-state index contributed by atoms with van der Waals surface area (Å²) in [5.41, 5.74) is -0.275. The average Bonchev–Trinajstić information content (AvgIpc) is 3.03. The van der Waals surface area contributed by atoms with E-state index in [1.165, 1.54) is 44.4 Å². The standard InChI is InChI=1S/C24H22N8O12S2/c1-29-19(33)17(20(34)30(2)23(29)37)27-25-11-5-7-13(15(9-11)45-44-43-39)14-8-6-12(10-16(14)46(40,41)42)26-28-18-21(35)31(3)24(38)32(4)22(18)36/h5-10,17-18,39H,1-4H3,(H,40,41,42). The smallest absolute Gasteiger partial charge is 0.282 e. The molecule has 0 bridgehead atoms. The number of amides is 8. The quantitative estimate of drug-likeness (QED) is 0.0962. The van der Waals surface area contributed by atoms with Crippen molar-refractivity contribution in [2.45, 2.75) is 21.9 Å². The fourth-order valence-corrected chi connectivity index (χ4v) is 5.41. The molecule has 22 heteroatoms. The third-order valence-corrected chi connectivity index (χ3v) is 8.18. The zero-order chi connectivity index (χ0) is 34.1. The minimum atomic E-state index is -4.97. The lowest BCUT2D eigenvalue weighted by molar-refractivity contribution is -0.432. The molecule has 2 heterocycles. The number of hydrogen-bond donors (Lipinski definition) is 2. The van der Waals surface area contributed by atoms with Crippen molar-refractivity contribution in [2.75, 3.05) is 28.2 Å². The molecule has 0 aliphatic carbocycles. The minimum absolute atomic E-state index is 0.00431. The Balaban J connectivity index is 1.71. The fraction of sp³-hybridized carbons (Fsp3) is 0.250. The van der Waals surface area contributed by atoms with Gasteiger partial charge in [-0.3, -0.25) is 43.3 Å². The maximum Gasteiger partial charge on any atom is 0.333 e. The highest BCUT2D eigenvalue weighted by Crippen LogP contribution is 2.39. The molecule has 242 valence electrons. The van der Waals surface area contributed by atoms with Crippen LogP contribution in [0.15, 0.2) is 66.6 Å². The second-order valence-electron chi connectivity index (χ2n) is 9.45. The maximum absolute atomic E-state index is 12.4. The lowest BCUT2D eigenvalue weighted by Gasteiger charge is -2.30. The predicted octanol–water partition coefficient (Wildman–Crippen LogP) is 2.03. The van der Waals surface area contributed by atoms with Crippen LogP contribution in [0.25, 0.3) is 11.1 Å². The molecule has 0 atom stereocenters. The van der Waals surface area contributed by atoms with Crippen LogP contribution >= 0.6 is 12.0 Å². The number of likely N-dealkylation sites (N-methyl/N-ethyl adjacent to an activating group) is 4. The first-order valence-electron chi connectivity index (χ1n) is 12.5. The second-order valence-corrected chi connectivity index (χ2v) is 11.6. The number of azo groups is 2. The van der Waals surface area contributed by atoms with E-state index in [1.54, 1.807) is 0 Å². The zero-order valence-corrected chi connectivity index (χ0v) is 25.6. The molecule has 2 aromatic rings. The molecule has 2 aliphatic rings. The summed E-state index contributed by atoms with van der Waals surface area (Å²) in [6.07, 6.45) is 0. The molecule has 46 heavy (non-hydrogen) atoms. The molecule has 0 aromatic heterocycles. The number of rotatable bonds is 9. The van der Waals surface area contributed by atoms with E-state index in [-0.39, 0.29) is 27.4 Å². The van der Waals surface area contributed by atoms with E-state index >= 15 is 0 Å². The highest BCUT2D eigenvalue weighted by molar-refractivity contribution is 7.94. The van der Waals surface area contributed by atoms with E-state index in [0.717, 1.165) is 20.2 Å². The Morgan fingerprint density at radius 3 is 1.52 bits per heavy atom. The molecule has 8 amide bonds. The van der Waals surface area contributed by atoms with Crippen molar-refractivity contribution in [2.24, 2.45) is 20.5 Å². The van der Waals surface area contributed by atoms with E-state index in [9.17, 15) is 41.7 Å². The number of carbonyl (C=O) groups is 6. The Kier molecular flexibility index (Phi) is 9.69. The van der Waals surface area contributed by atoms with E-state index in [4.69, 9.17) is 5.26 Å². The van der Waals surface area contributed by atoms with Gasteiger partial charge in [0.1, 0.15) is 4.90 Å². The van der Waals surface area contributed by atoms with Crippen molar-refractivity contribution in [1.82, 2.24) is 19.6 Å². The first-order chi connectivity index (χ1) is 21.6. The summed E-state index contributed by atoms with van der Waals surface area (Å²) in [6, 6.07) is 2.09. The normalized spacial score (nSPS) is 17.5. The number of carbonyl (C=O) groups excluding carboxylic acids is 6. The van der Waals surface area contributed by atoms with E-state index in [0.29, 0.717) is 31.6 Å². The van der Waals surface area contributed by atoms with Crippen molar-refractivity contribution in [3.8, 4) is 11.1 Å². The Morgan fingerprint density at radius 1 is 0.696 bits per heavy atom. The summed E-state index contributed by atoms with van der Waals surface area (Å²) in [5.74, 6) is -3.75. The van der Waals surface area contributed by atoms with Crippen LogP contribution in [0.4, 0.5) is 21.0 Å². The maximum atomic E-state index is 12.4. The average molecular weight is 679 g/mol. The molecule has 2 fully saturated rings. The summed E-state index contributed by atoms with van der Waals surface area (Å²) in [6.45, 7) is 0. The fourth-order valence-electron chi connectivity index (χ4n) is 4.14. The zero-order valence-electron chi connectivity index (χ0n) is 24.0. The number of hydrogen-bond acceptors (Lipinski definition) is 16. The molecular weight excluding hydrogens is 656 g/mol. The van der Waals surface area contributed by atoms with Crippen LogP contribution in [0, 0.1) is 0 Å². The highest BCUT2D eigenvalue weighted by atomic mass is 32.2. The minimum Gasteiger partial charge on any atom is -0.282 e. The molecule has 2 N–H and O–H groups in total. The molecule has 2 aromatic carbocycles. The molecule has 0 saturated carbocycles. The Morgan fingerprint density at radius 2 is 1.11 bits per heavy atom. The van der Waals surface area contributed by atoms with Gasteiger partial charge in [-0.2, -0.15) is 28.9 Å². The number of urea groups is 2. The largest absolute Gasteiger partial charge is 0.333 e. The molecule has 20 nitrogen and oxygen atoms in total. The SMILES string of the molecule is CN1C(=O)C(N=Nc2ccc(-c3ccc(N=NC4C(=O)N(C)C(=O)N(C)C4=O)cc3S(=O)(=O)O)c(SOOO)c2)C(=O)N(C)C1=O. The third-order valence-electron chi connectivity index (χ3n) is 6.64. The lowest BCUT2D eigenvalue weighted by Crippen LogP contribution is -2.58. The van der Waals surface area contributed by atoms with Gasteiger partial charge in [0.2, 0.25) is 12.1 Å². The Bertz CT molecular complexity index is 1780. The van der Waals surface area contributed by atoms with Crippen molar-refractivity contribution in [3.05, 3.63) is 36.4 Å². The lowest BCUT2D eigenvalue weighted by atomic mass is 10.0. The number of benzene rings is 2. The molecule has 0 radical (unpaired) electrons.